The highest BCUT2D eigenvalue weighted by molar-refractivity contribution is 7.98. The molecule has 0 saturated heterocycles. The van der Waals surface area contributed by atoms with Crippen molar-refractivity contribution in [3.63, 3.8) is 0 Å². The average Bonchev–Trinajstić information content (AvgIpc) is 3.38. The molecule has 7 nitrogen and oxygen atoms in total. The van der Waals surface area contributed by atoms with Gasteiger partial charge in [-0.2, -0.15) is 0 Å². The fourth-order valence-corrected chi connectivity index (χ4v) is 4.53. The molecule has 0 radical (unpaired) electrons. The fourth-order valence-electron chi connectivity index (χ4n) is 3.70. The van der Waals surface area contributed by atoms with Crippen molar-refractivity contribution in [3.05, 3.63) is 100.0 Å². The van der Waals surface area contributed by atoms with Crippen LogP contribution in [0, 0.1) is 13.8 Å². The van der Waals surface area contributed by atoms with Crippen molar-refractivity contribution in [1.82, 2.24) is 24.1 Å². The molecule has 1 aromatic carbocycles. The first-order chi connectivity index (χ1) is 15.6. The van der Waals surface area contributed by atoms with Crippen LogP contribution in [0.25, 0.3) is 17.0 Å². The van der Waals surface area contributed by atoms with Gasteiger partial charge in [-0.05, 0) is 37.6 Å². The van der Waals surface area contributed by atoms with Crippen molar-refractivity contribution >= 4 is 17.4 Å². The minimum atomic E-state index is -0.0795. The molecule has 4 heterocycles. The number of hydrogen-bond acceptors (Lipinski definition) is 6. The standard InChI is InChI=1S/C24H21N5O2S/c1-16-7-6-10-21-25-19(13-22(30)29(16)21)15-32-24-27-26-23(20-11-12-31-17(20)2)28(24)14-18-8-4-3-5-9-18/h3-13H,14-15H2,1-2H3. The lowest BCUT2D eigenvalue weighted by Crippen LogP contribution is -2.17. The van der Waals surface area contributed by atoms with Gasteiger partial charge in [-0.15, -0.1) is 10.2 Å². The first kappa shape index (κ1) is 20.3. The molecule has 160 valence electrons. The Labute approximate surface area is 188 Å². The first-order valence-electron chi connectivity index (χ1n) is 10.2. The van der Waals surface area contributed by atoms with Crippen LogP contribution in [0.4, 0.5) is 0 Å². The highest BCUT2D eigenvalue weighted by Gasteiger charge is 2.18. The van der Waals surface area contributed by atoms with Gasteiger partial charge in [-0.3, -0.25) is 13.8 Å². The van der Waals surface area contributed by atoms with E-state index in [1.54, 1.807) is 16.7 Å². The van der Waals surface area contributed by atoms with E-state index in [1.165, 1.54) is 11.8 Å². The van der Waals surface area contributed by atoms with Gasteiger partial charge in [0.2, 0.25) is 0 Å². The summed E-state index contributed by atoms with van der Waals surface area (Å²) < 4.78 is 9.19. The number of fused-ring (bicyclic) bond motifs is 1. The van der Waals surface area contributed by atoms with Crippen molar-refractivity contribution in [2.75, 3.05) is 0 Å². The summed E-state index contributed by atoms with van der Waals surface area (Å²) in [6.07, 6.45) is 1.66. The number of hydrogen-bond donors (Lipinski definition) is 0. The molecular formula is C24H21N5O2S. The van der Waals surface area contributed by atoms with Crippen LogP contribution in [0.2, 0.25) is 0 Å². The van der Waals surface area contributed by atoms with Crippen molar-refractivity contribution in [2.24, 2.45) is 0 Å². The van der Waals surface area contributed by atoms with E-state index in [1.807, 2.05) is 56.3 Å². The molecular weight excluding hydrogens is 422 g/mol. The first-order valence-corrected chi connectivity index (χ1v) is 11.2. The number of benzene rings is 1. The Hall–Kier alpha value is -3.65. The Balaban J connectivity index is 1.49. The summed E-state index contributed by atoms with van der Waals surface area (Å²) >= 11 is 1.51. The van der Waals surface area contributed by atoms with Gasteiger partial charge in [0.1, 0.15) is 11.4 Å². The molecule has 0 atom stereocenters. The van der Waals surface area contributed by atoms with Gasteiger partial charge >= 0.3 is 0 Å². The van der Waals surface area contributed by atoms with Crippen molar-refractivity contribution in [2.45, 2.75) is 31.3 Å². The number of pyridine rings is 1. The molecule has 0 fully saturated rings. The fraction of sp³-hybridized carbons (Fsp3) is 0.167. The van der Waals surface area contributed by atoms with Crippen LogP contribution in [0.3, 0.4) is 0 Å². The Bertz CT molecular complexity index is 1450. The smallest absolute Gasteiger partial charge is 0.258 e. The van der Waals surface area contributed by atoms with E-state index in [4.69, 9.17) is 4.42 Å². The van der Waals surface area contributed by atoms with Crippen molar-refractivity contribution < 1.29 is 4.42 Å². The zero-order valence-electron chi connectivity index (χ0n) is 17.7. The van der Waals surface area contributed by atoms with Crippen LogP contribution >= 0.6 is 11.8 Å². The highest BCUT2D eigenvalue weighted by atomic mass is 32.2. The molecule has 0 aliphatic heterocycles. The molecule has 0 aliphatic rings. The molecule has 4 aromatic heterocycles. The van der Waals surface area contributed by atoms with Crippen molar-refractivity contribution in [3.8, 4) is 11.4 Å². The molecule has 0 amide bonds. The Morgan fingerprint density at radius 3 is 2.62 bits per heavy atom. The van der Waals surface area contributed by atoms with Gasteiger partial charge in [0.05, 0.1) is 24.1 Å². The summed E-state index contributed by atoms with van der Waals surface area (Å²) in [5.74, 6) is 2.06. The van der Waals surface area contributed by atoms with Gasteiger partial charge < -0.3 is 4.42 Å². The molecule has 0 saturated carbocycles. The molecule has 5 rings (SSSR count). The van der Waals surface area contributed by atoms with E-state index >= 15 is 0 Å². The summed E-state index contributed by atoms with van der Waals surface area (Å²) in [6, 6.07) is 19.3. The van der Waals surface area contributed by atoms with Crippen molar-refractivity contribution in [1.29, 1.82) is 0 Å². The molecule has 0 aliphatic carbocycles. The summed E-state index contributed by atoms with van der Waals surface area (Å²) in [7, 11) is 0. The molecule has 0 bridgehead atoms. The van der Waals surface area contributed by atoms with E-state index in [0.29, 0.717) is 23.6 Å². The van der Waals surface area contributed by atoms with Crippen LogP contribution in [0.15, 0.2) is 81.3 Å². The molecule has 32 heavy (non-hydrogen) atoms. The second-order valence-corrected chi connectivity index (χ2v) is 8.45. The zero-order chi connectivity index (χ0) is 22.1. The van der Waals surface area contributed by atoms with Crippen LogP contribution in [0.1, 0.15) is 22.7 Å². The predicted octanol–water partition coefficient (Wildman–Crippen LogP) is 4.50. The predicted molar refractivity (Wildman–Crippen MR) is 124 cm³/mol. The lowest BCUT2D eigenvalue weighted by Gasteiger charge is -2.10. The number of aromatic nitrogens is 5. The average molecular weight is 444 g/mol. The molecule has 0 unspecified atom stereocenters. The largest absolute Gasteiger partial charge is 0.469 e. The van der Waals surface area contributed by atoms with Crippen LogP contribution in [-0.4, -0.2) is 24.1 Å². The Kier molecular flexibility index (Phi) is 5.36. The Morgan fingerprint density at radius 2 is 1.84 bits per heavy atom. The van der Waals surface area contributed by atoms with Gasteiger partial charge in [-0.1, -0.05) is 48.2 Å². The third kappa shape index (κ3) is 3.85. The van der Waals surface area contributed by atoms with Gasteiger partial charge in [0, 0.05) is 17.5 Å². The summed E-state index contributed by atoms with van der Waals surface area (Å²) in [5.41, 5.74) is 4.20. The maximum absolute atomic E-state index is 12.6. The van der Waals surface area contributed by atoms with E-state index in [0.717, 1.165) is 33.6 Å². The number of thioether (sulfide) groups is 1. The topological polar surface area (TPSA) is 78.2 Å². The molecule has 8 heteroatoms. The summed E-state index contributed by atoms with van der Waals surface area (Å²) in [6.45, 7) is 4.44. The van der Waals surface area contributed by atoms with Gasteiger partial charge in [0.25, 0.3) is 5.56 Å². The van der Waals surface area contributed by atoms with E-state index in [-0.39, 0.29) is 5.56 Å². The number of aryl methyl sites for hydroxylation is 2. The third-order valence-electron chi connectivity index (χ3n) is 5.28. The monoisotopic (exact) mass is 443 g/mol. The van der Waals surface area contributed by atoms with Crippen LogP contribution in [-0.2, 0) is 12.3 Å². The second kappa shape index (κ2) is 8.47. The summed E-state index contributed by atoms with van der Waals surface area (Å²) in [5, 5.41) is 9.66. The molecule has 0 spiro atoms. The maximum atomic E-state index is 12.6. The van der Waals surface area contributed by atoms with Crippen LogP contribution < -0.4 is 5.56 Å². The normalized spacial score (nSPS) is 11.3. The molecule has 5 aromatic rings. The van der Waals surface area contributed by atoms with E-state index in [9.17, 15) is 4.79 Å². The summed E-state index contributed by atoms with van der Waals surface area (Å²) in [4.78, 5) is 17.3. The third-order valence-corrected chi connectivity index (χ3v) is 6.28. The minimum Gasteiger partial charge on any atom is -0.469 e. The second-order valence-electron chi connectivity index (χ2n) is 7.50. The van der Waals surface area contributed by atoms with Gasteiger partial charge in [-0.25, -0.2) is 4.98 Å². The lowest BCUT2D eigenvalue weighted by atomic mass is 10.2. The molecule has 0 N–H and O–H groups in total. The quantitative estimate of drug-likeness (QED) is 0.360. The number of furan rings is 1. The minimum absolute atomic E-state index is 0.0795. The zero-order valence-corrected chi connectivity index (χ0v) is 18.5. The highest BCUT2D eigenvalue weighted by Crippen LogP contribution is 2.29. The lowest BCUT2D eigenvalue weighted by molar-refractivity contribution is 0.534. The van der Waals surface area contributed by atoms with Crippen LogP contribution in [0.5, 0.6) is 0 Å². The van der Waals surface area contributed by atoms with E-state index < -0.39 is 0 Å². The number of nitrogens with zero attached hydrogens (tertiary/aromatic N) is 5. The Morgan fingerprint density at radius 1 is 1.00 bits per heavy atom. The van der Waals surface area contributed by atoms with E-state index in [2.05, 4.69) is 31.9 Å². The maximum Gasteiger partial charge on any atom is 0.258 e. The SMILES string of the molecule is Cc1occc1-c1nnc(SCc2cc(=O)n3c(C)cccc3n2)n1Cc1ccccc1. The number of rotatable bonds is 6. The van der Waals surface area contributed by atoms with Gasteiger partial charge in [0.15, 0.2) is 11.0 Å².